The van der Waals surface area contributed by atoms with Crippen LogP contribution >= 0.6 is 0 Å². The van der Waals surface area contributed by atoms with Crippen LogP contribution in [0.1, 0.15) is 41.7 Å². The summed E-state index contributed by atoms with van der Waals surface area (Å²) in [4.78, 5) is 33.3. The number of aliphatic hydroxyl groups excluding tert-OH is 2. The summed E-state index contributed by atoms with van der Waals surface area (Å²) < 4.78 is 32.1. The van der Waals surface area contributed by atoms with Crippen molar-refractivity contribution in [3.05, 3.63) is 65.9 Å². The summed E-state index contributed by atoms with van der Waals surface area (Å²) >= 11 is 0. The van der Waals surface area contributed by atoms with Crippen LogP contribution in [-0.2, 0) is 6.42 Å². The largest absolute Gasteiger partial charge is 0.394 e. The molecule has 4 aromatic rings. The van der Waals surface area contributed by atoms with Crippen molar-refractivity contribution < 1.29 is 23.8 Å². The maximum absolute atomic E-state index is 15.3. The highest BCUT2D eigenvalue weighted by Crippen LogP contribution is 2.33. The second-order valence-corrected chi connectivity index (χ2v) is 10.1. The SMILES string of the molecule is CCc1cnc(N2CCC(n3cc(F)c4c(Nc5ccc(C(=O)N(C)C[C@@H](O)CO)cc5F)ncnc43)CC2)nc1. The Morgan fingerprint density at radius 3 is 2.54 bits per heavy atom. The minimum atomic E-state index is -1.10. The molecule has 11 nitrogen and oxygen atoms in total. The van der Waals surface area contributed by atoms with E-state index in [-0.39, 0.29) is 35.0 Å². The molecular weight excluding hydrogens is 534 g/mol. The molecule has 1 aliphatic heterocycles. The van der Waals surface area contributed by atoms with Crippen molar-refractivity contribution in [2.45, 2.75) is 38.3 Å². The van der Waals surface area contributed by atoms with Crippen LogP contribution in [0.5, 0.6) is 0 Å². The second kappa shape index (κ2) is 12.1. The smallest absolute Gasteiger partial charge is 0.253 e. The van der Waals surface area contributed by atoms with E-state index in [1.807, 2.05) is 17.0 Å². The number of aromatic nitrogens is 5. The van der Waals surface area contributed by atoms with E-state index in [0.29, 0.717) is 24.7 Å². The summed E-state index contributed by atoms with van der Waals surface area (Å²) in [7, 11) is 1.44. The van der Waals surface area contributed by atoms with E-state index in [1.54, 1.807) is 0 Å². The van der Waals surface area contributed by atoms with E-state index in [4.69, 9.17) is 5.11 Å². The number of piperidine rings is 1. The Kier molecular flexibility index (Phi) is 8.36. The molecule has 1 aliphatic rings. The summed E-state index contributed by atoms with van der Waals surface area (Å²) in [5.74, 6) is -0.997. The molecule has 216 valence electrons. The number of nitrogens with one attached hydrogen (secondary N) is 1. The predicted octanol–water partition coefficient (Wildman–Crippen LogP) is 3.07. The van der Waals surface area contributed by atoms with Gasteiger partial charge in [0.05, 0.1) is 23.8 Å². The van der Waals surface area contributed by atoms with Gasteiger partial charge in [-0.3, -0.25) is 4.79 Å². The molecule has 0 bridgehead atoms. The number of nitrogens with zero attached hydrogens (tertiary/aromatic N) is 7. The van der Waals surface area contributed by atoms with Crippen LogP contribution in [0.15, 0.2) is 43.1 Å². The molecule has 0 unspecified atom stereocenters. The van der Waals surface area contributed by atoms with E-state index < -0.39 is 30.3 Å². The first-order valence-corrected chi connectivity index (χ1v) is 13.5. The quantitative estimate of drug-likeness (QED) is 0.280. The minimum Gasteiger partial charge on any atom is -0.394 e. The van der Waals surface area contributed by atoms with Crippen LogP contribution in [0.25, 0.3) is 11.0 Å². The number of aryl methyl sites for hydroxylation is 1. The molecule has 41 heavy (non-hydrogen) atoms. The molecule has 1 saturated heterocycles. The van der Waals surface area contributed by atoms with E-state index in [1.165, 1.54) is 36.6 Å². The van der Waals surface area contributed by atoms with Gasteiger partial charge in [0.15, 0.2) is 5.82 Å². The zero-order chi connectivity index (χ0) is 29.1. The van der Waals surface area contributed by atoms with Crippen molar-refractivity contribution in [2.75, 3.05) is 43.5 Å². The highest BCUT2D eigenvalue weighted by molar-refractivity contribution is 5.95. The molecule has 5 rings (SSSR count). The van der Waals surface area contributed by atoms with E-state index in [9.17, 15) is 9.90 Å². The maximum atomic E-state index is 15.3. The van der Waals surface area contributed by atoms with Gasteiger partial charge in [0.1, 0.15) is 23.6 Å². The van der Waals surface area contributed by atoms with Crippen LogP contribution in [0.4, 0.5) is 26.2 Å². The number of carbonyl (C=O) groups excluding carboxylic acids is 1. The lowest BCUT2D eigenvalue weighted by Gasteiger charge is -2.32. The maximum Gasteiger partial charge on any atom is 0.253 e. The van der Waals surface area contributed by atoms with Gasteiger partial charge < -0.3 is 29.9 Å². The fourth-order valence-corrected chi connectivity index (χ4v) is 5.00. The number of fused-ring (bicyclic) bond motifs is 1. The zero-order valence-corrected chi connectivity index (χ0v) is 22.8. The molecule has 3 aromatic heterocycles. The lowest BCUT2D eigenvalue weighted by molar-refractivity contribution is 0.0520. The van der Waals surface area contributed by atoms with Gasteiger partial charge in [-0.2, -0.15) is 0 Å². The minimum absolute atomic E-state index is 0.000659. The number of anilines is 3. The molecule has 0 saturated carbocycles. The van der Waals surface area contributed by atoms with Gasteiger partial charge in [-0.15, -0.1) is 0 Å². The standard InChI is InChI=1S/C28H32F2N8O3/c1-3-17-11-31-28(32-12-17)37-8-6-19(7-9-37)38-14-22(30)24-25(33-16-34-26(24)38)35-23-5-4-18(10-21(23)29)27(41)36(2)13-20(40)15-39/h4-5,10-12,14,16,19-20,39-40H,3,6-9,13,15H2,1-2H3,(H,33,34,35)/t20-/m1/s1. The Hall–Kier alpha value is -4.23. The van der Waals surface area contributed by atoms with Crippen LogP contribution in [0.3, 0.4) is 0 Å². The van der Waals surface area contributed by atoms with Crippen molar-refractivity contribution in [3.8, 4) is 0 Å². The fourth-order valence-electron chi connectivity index (χ4n) is 5.00. The topological polar surface area (TPSA) is 133 Å². The average Bonchev–Trinajstić information content (AvgIpc) is 3.34. The number of halogens is 2. The van der Waals surface area contributed by atoms with Gasteiger partial charge in [0.25, 0.3) is 5.91 Å². The van der Waals surface area contributed by atoms with Gasteiger partial charge in [-0.1, -0.05) is 6.92 Å². The van der Waals surface area contributed by atoms with E-state index in [0.717, 1.165) is 30.9 Å². The number of benzene rings is 1. The predicted molar refractivity (Wildman–Crippen MR) is 149 cm³/mol. The molecule has 1 atom stereocenters. The van der Waals surface area contributed by atoms with Gasteiger partial charge in [-0.25, -0.2) is 28.7 Å². The third-order valence-corrected chi connectivity index (χ3v) is 7.31. The van der Waals surface area contributed by atoms with E-state index >= 15 is 8.78 Å². The molecule has 0 radical (unpaired) electrons. The molecule has 0 aliphatic carbocycles. The highest BCUT2D eigenvalue weighted by atomic mass is 19.1. The van der Waals surface area contributed by atoms with Crippen LogP contribution < -0.4 is 10.2 Å². The Labute approximate surface area is 235 Å². The summed E-state index contributed by atoms with van der Waals surface area (Å²) in [5, 5.41) is 21.6. The summed E-state index contributed by atoms with van der Waals surface area (Å²) in [6.07, 6.45) is 7.64. The second-order valence-electron chi connectivity index (χ2n) is 10.1. The lowest BCUT2D eigenvalue weighted by atomic mass is 10.1. The first kappa shape index (κ1) is 28.3. The van der Waals surface area contributed by atoms with Crippen molar-refractivity contribution in [1.29, 1.82) is 0 Å². The fraction of sp³-hybridized carbons (Fsp3) is 0.393. The number of likely N-dealkylation sites (N-methyl/N-ethyl adjacent to an activating group) is 1. The molecule has 0 spiro atoms. The third-order valence-electron chi connectivity index (χ3n) is 7.31. The van der Waals surface area contributed by atoms with Crippen molar-refractivity contribution >= 4 is 34.4 Å². The Bertz CT molecular complexity index is 1520. The average molecular weight is 567 g/mol. The van der Waals surface area contributed by atoms with Crippen LogP contribution in [0.2, 0.25) is 0 Å². The van der Waals surface area contributed by atoms with Gasteiger partial charge in [0, 0.05) is 56.9 Å². The highest BCUT2D eigenvalue weighted by Gasteiger charge is 2.26. The molecule has 1 fully saturated rings. The number of aliphatic hydroxyl groups is 2. The van der Waals surface area contributed by atoms with Gasteiger partial charge >= 0.3 is 0 Å². The summed E-state index contributed by atoms with van der Waals surface area (Å²) in [6, 6.07) is 3.84. The van der Waals surface area contributed by atoms with Crippen molar-refractivity contribution in [3.63, 3.8) is 0 Å². The van der Waals surface area contributed by atoms with Crippen LogP contribution in [0, 0.1) is 11.6 Å². The Balaban J connectivity index is 1.32. The Morgan fingerprint density at radius 2 is 1.88 bits per heavy atom. The number of amides is 1. The van der Waals surface area contributed by atoms with Crippen LogP contribution in [-0.4, -0.2) is 84.9 Å². The normalized spacial score (nSPS) is 14.8. The molecule has 13 heteroatoms. The Morgan fingerprint density at radius 1 is 1.15 bits per heavy atom. The first-order valence-electron chi connectivity index (χ1n) is 13.5. The van der Waals surface area contributed by atoms with Gasteiger partial charge in [0.2, 0.25) is 5.95 Å². The molecule has 1 aromatic carbocycles. The molecule has 3 N–H and O–H groups in total. The number of hydrogen-bond acceptors (Lipinski definition) is 9. The number of hydrogen-bond donors (Lipinski definition) is 3. The number of rotatable bonds is 9. The van der Waals surface area contributed by atoms with E-state index in [2.05, 4.69) is 37.1 Å². The lowest BCUT2D eigenvalue weighted by Crippen LogP contribution is -2.35. The zero-order valence-electron chi connectivity index (χ0n) is 22.8. The molecular formula is C28H32F2N8O3. The third kappa shape index (κ3) is 5.95. The molecule has 4 heterocycles. The first-order chi connectivity index (χ1) is 19.8. The molecule has 1 amide bonds. The summed E-state index contributed by atoms with van der Waals surface area (Å²) in [5.41, 5.74) is 1.55. The van der Waals surface area contributed by atoms with Gasteiger partial charge in [-0.05, 0) is 43.0 Å². The summed E-state index contributed by atoms with van der Waals surface area (Å²) in [6.45, 7) is 2.86. The van der Waals surface area contributed by atoms with Crippen molar-refractivity contribution in [1.82, 2.24) is 29.4 Å². The van der Waals surface area contributed by atoms with Crippen molar-refractivity contribution in [2.24, 2.45) is 0 Å². The monoisotopic (exact) mass is 566 g/mol. The number of carbonyl (C=O) groups is 1.